The van der Waals surface area contributed by atoms with Crippen molar-refractivity contribution in [3.8, 4) is 5.75 Å². The lowest BCUT2D eigenvalue weighted by Crippen LogP contribution is -2.38. The van der Waals surface area contributed by atoms with Gasteiger partial charge in [-0.1, -0.05) is 12.1 Å². The zero-order valence-electron chi connectivity index (χ0n) is 10.1. The molecular formula is C13H17NO3. The number of nitrogens with two attached hydrogens (primary N) is 1. The molecule has 2 rings (SSSR count). The molecule has 4 nitrogen and oxygen atoms in total. The van der Waals surface area contributed by atoms with E-state index < -0.39 is 5.79 Å². The van der Waals surface area contributed by atoms with Crippen LogP contribution in [-0.2, 0) is 9.47 Å². The summed E-state index contributed by atoms with van der Waals surface area (Å²) in [5, 5.41) is 0. The van der Waals surface area contributed by atoms with Gasteiger partial charge in [0.15, 0.2) is 0 Å². The molecule has 0 saturated carbocycles. The summed E-state index contributed by atoms with van der Waals surface area (Å²) in [5.41, 5.74) is 6.89. The van der Waals surface area contributed by atoms with Gasteiger partial charge in [-0.3, -0.25) is 0 Å². The van der Waals surface area contributed by atoms with E-state index in [4.69, 9.17) is 19.9 Å². The molecule has 0 aromatic heterocycles. The Morgan fingerprint density at radius 2 is 1.82 bits per heavy atom. The Balaban J connectivity index is 2.22. The van der Waals surface area contributed by atoms with Crippen molar-refractivity contribution in [3.05, 3.63) is 42.4 Å². The zero-order chi connectivity index (χ0) is 12.3. The predicted octanol–water partition coefficient (Wildman–Crippen LogP) is 1.97. The lowest BCUT2D eigenvalue weighted by atomic mass is 9.91. The fourth-order valence-electron chi connectivity index (χ4n) is 2.01. The molecule has 0 fully saturated rings. The second-order valence-electron chi connectivity index (χ2n) is 4.09. The van der Waals surface area contributed by atoms with Crippen LogP contribution in [0.4, 0.5) is 0 Å². The Morgan fingerprint density at radius 3 is 2.29 bits per heavy atom. The summed E-state index contributed by atoms with van der Waals surface area (Å²) < 4.78 is 16.1. The maximum atomic E-state index is 5.82. The molecule has 1 aromatic rings. The fraction of sp³-hybridized carbons (Fsp3) is 0.385. The van der Waals surface area contributed by atoms with E-state index in [0.717, 1.165) is 11.3 Å². The third-order valence-electron chi connectivity index (χ3n) is 3.05. The van der Waals surface area contributed by atoms with E-state index in [1.165, 1.54) is 0 Å². The van der Waals surface area contributed by atoms with Gasteiger partial charge in [0.2, 0.25) is 0 Å². The van der Waals surface area contributed by atoms with E-state index in [0.29, 0.717) is 6.54 Å². The Hall–Kier alpha value is -1.68. The Labute approximate surface area is 101 Å². The van der Waals surface area contributed by atoms with Crippen molar-refractivity contribution in [2.45, 2.75) is 18.6 Å². The van der Waals surface area contributed by atoms with Crippen LogP contribution in [0.3, 0.4) is 0 Å². The molecule has 2 N–H and O–H groups in total. The van der Waals surface area contributed by atoms with Gasteiger partial charge in [-0.15, -0.1) is 0 Å². The number of ether oxygens (including phenoxy) is 3. The summed E-state index contributed by atoms with van der Waals surface area (Å²) in [7, 11) is 1.64. The molecule has 0 amide bonds. The van der Waals surface area contributed by atoms with Crippen LogP contribution in [0.5, 0.6) is 5.75 Å². The standard InChI is InChI=1S/C13H17NO3/c1-13(16-7-8-17-13)12(9-14)10-3-5-11(15-2)6-4-10/h3-8,12H,9,14H2,1-2H3. The first kappa shape index (κ1) is 11.8. The molecule has 1 aliphatic heterocycles. The van der Waals surface area contributed by atoms with E-state index >= 15 is 0 Å². The molecule has 1 heterocycles. The van der Waals surface area contributed by atoms with Gasteiger partial charge < -0.3 is 19.9 Å². The molecule has 92 valence electrons. The quantitative estimate of drug-likeness (QED) is 0.867. The van der Waals surface area contributed by atoms with Crippen LogP contribution in [0.15, 0.2) is 36.8 Å². The molecule has 17 heavy (non-hydrogen) atoms. The molecule has 0 saturated heterocycles. The average Bonchev–Trinajstić information content (AvgIpc) is 2.78. The van der Waals surface area contributed by atoms with Crippen molar-refractivity contribution < 1.29 is 14.2 Å². The second kappa shape index (κ2) is 4.67. The minimum atomic E-state index is -0.719. The van der Waals surface area contributed by atoms with E-state index in [1.54, 1.807) is 19.6 Å². The molecule has 0 spiro atoms. The molecule has 1 unspecified atom stereocenters. The van der Waals surface area contributed by atoms with Crippen LogP contribution in [0.2, 0.25) is 0 Å². The Bertz CT molecular complexity index is 392. The molecule has 1 aromatic carbocycles. The minimum absolute atomic E-state index is 0.0246. The average molecular weight is 235 g/mol. The van der Waals surface area contributed by atoms with Gasteiger partial charge in [0, 0.05) is 13.5 Å². The van der Waals surface area contributed by atoms with Crippen LogP contribution in [0.1, 0.15) is 18.4 Å². The first-order chi connectivity index (χ1) is 8.19. The molecule has 0 radical (unpaired) electrons. The van der Waals surface area contributed by atoms with Crippen LogP contribution in [0, 0.1) is 0 Å². The van der Waals surface area contributed by atoms with Crippen LogP contribution in [-0.4, -0.2) is 19.4 Å². The van der Waals surface area contributed by atoms with Crippen LogP contribution >= 0.6 is 0 Å². The van der Waals surface area contributed by atoms with Gasteiger partial charge in [-0.2, -0.15) is 0 Å². The van der Waals surface area contributed by atoms with Crippen molar-refractivity contribution in [3.63, 3.8) is 0 Å². The first-order valence-electron chi connectivity index (χ1n) is 5.54. The normalized spacial score (nSPS) is 18.3. The third kappa shape index (κ3) is 2.22. The Morgan fingerprint density at radius 1 is 1.24 bits per heavy atom. The zero-order valence-corrected chi connectivity index (χ0v) is 10.1. The van der Waals surface area contributed by atoms with Crippen molar-refractivity contribution >= 4 is 0 Å². The fourth-order valence-corrected chi connectivity index (χ4v) is 2.01. The van der Waals surface area contributed by atoms with Gasteiger partial charge in [0.1, 0.15) is 18.3 Å². The van der Waals surface area contributed by atoms with E-state index in [1.807, 2.05) is 31.2 Å². The maximum Gasteiger partial charge on any atom is 0.255 e. The number of hydrogen-bond acceptors (Lipinski definition) is 4. The summed E-state index contributed by atoms with van der Waals surface area (Å²) in [4.78, 5) is 0. The highest BCUT2D eigenvalue weighted by molar-refractivity contribution is 5.31. The smallest absolute Gasteiger partial charge is 0.255 e. The summed E-state index contributed by atoms with van der Waals surface area (Å²) in [6.07, 6.45) is 3.10. The largest absolute Gasteiger partial charge is 0.497 e. The number of hydrogen-bond donors (Lipinski definition) is 1. The highest BCUT2D eigenvalue weighted by Crippen LogP contribution is 2.35. The van der Waals surface area contributed by atoms with Gasteiger partial charge in [0.05, 0.1) is 13.0 Å². The lowest BCUT2D eigenvalue weighted by Gasteiger charge is -2.31. The maximum absolute atomic E-state index is 5.82. The summed E-state index contributed by atoms with van der Waals surface area (Å²) in [6.45, 7) is 2.33. The van der Waals surface area contributed by atoms with Crippen molar-refractivity contribution in [2.24, 2.45) is 5.73 Å². The SMILES string of the molecule is COc1ccc(C(CN)C2(C)OC=CO2)cc1. The summed E-state index contributed by atoms with van der Waals surface area (Å²) >= 11 is 0. The highest BCUT2D eigenvalue weighted by Gasteiger charge is 2.39. The Kier molecular flexibility index (Phi) is 3.24. The minimum Gasteiger partial charge on any atom is -0.497 e. The van der Waals surface area contributed by atoms with Crippen molar-refractivity contribution in [1.82, 2.24) is 0 Å². The molecule has 1 aliphatic rings. The highest BCUT2D eigenvalue weighted by atomic mass is 16.7. The van der Waals surface area contributed by atoms with Crippen molar-refractivity contribution in [2.75, 3.05) is 13.7 Å². The molecular weight excluding hydrogens is 218 g/mol. The van der Waals surface area contributed by atoms with Gasteiger partial charge >= 0.3 is 0 Å². The molecule has 0 bridgehead atoms. The summed E-state index contributed by atoms with van der Waals surface area (Å²) in [6, 6.07) is 7.77. The second-order valence-corrected chi connectivity index (χ2v) is 4.09. The van der Waals surface area contributed by atoms with Crippen molar-refractivity contribution in [1.29, 1.82) is 0 Å². The van der Waals surface area contributed by atoms with Crippen LogP contribution in [0.25, 0.3) is 0 Å². The van der Waals surface area contributed by atoms with E-state index in [2.05, 4.69) is 0 Å². The first-order valence-corrected chi connectivity index (χ1v) is 5.54. The van der Waals surface area contributed by atoms with Gasteiger partial charge in [-0.05, 0) is 17.7 Å². The molecule has 4 heteroatoms. The molecule has 1 atom stereocenters. The predicted molar refractivity (Wildman–Crippen MR) is 64.5 cm³/mol. The van der Waals surface area contributed by atoms with E-state index in [-0.39, 0.29) is 5.92 Å². The molecule has 0 aliphatic carbocycles. The number of benzene rings is 1. The van der Waals surface area contributed by atoms with Crippen LogP contribution < -0.4 is 10.5 Å². The third-order valence-corrected chi connectivity index (χ3v) is 3.05. The number of methoxy groups -OCH3 is 1. The topological polar surface area (TPSA) is 53.7 Å². The lowest BCUT2D eigenvalue weighted by molar-refractivity contribution is -0.142. The monoisotopic (exact) mass is 235 g/mol. The number of rotatable bonds is 4. The van der Waals surface area contributed by atoms with Gasteiger partial charge in [0.25, 0.3) is 5.79 Å². The van der Waals surface area contributed by atoms with E-state index in [9.17, 15) is 0 Å². The summed E-state index contributed by atoms with van der Waals surface area (Å²) in [5.74, 6) is 0.0769. The van der Waals surface area contributed by atoms with Gasteiger partial charge in [-0.25, -0.2) is 0 Å².